The van der Waals surface area contributed by atoms with Gasteiger partial charge in [-0.1, -0.05) is 29.3 Å². The van der Waals surface area contributed by atoms with E-state index >= 15 is 0 Å². The third-order valence-electron chi connectivity index (χ3n) is 2.72. The Bertz CT molecular complexity index is 533. The first-order chi connectivity index (χ1) is 10.4. The van der Waals surface area contributed by atoms with E-state index in [1.54, 1.807) is 24.3 Å². The molecule has 0 aromatic heterocycles. The monoisotopic (exact) mass is 371 g/mol. The molecule has 0 unspecified atom stereocenters. The second-order valence-electron chi connectivity index (χ2n) is 4.56. The predicted molar refractivity (Wildman–Crippen MR) is 85.6 cm³/mol. The van der Waals surface area contributed by atoms with Crippen LogP contribution in [-0.4, -0.2) is 35.6 Å². The van der Waals surface area contributed by atoms with Crippen molar-refractivity contribution in [2.45, 2.75) is 25.8 Å². The molecule has 0 aliphatic rings. The molecule has 0 spiro atoms. The quantitative estimate of drug-likeness (QED) is 0.587. The Kier molecular flexibility index (Phi) is 7.38. The van der Waals surface area contributed by atoms with Crippen LogP contribution >= 0.6 is 15.9 Å². The number of halogens is 1. The molecule has 7 nitrogen and oxygen atoms in total. The number of carboxylic acid groups (broad SMARTS) is 1. The lowest BCUT2D eigenvalue weighted by molar-refractivity contribution is -0.141. The standard InChI is InChI=1S/C14H18BrN3O4/c1-2-3-11(13(20)21)18-12(19)8-16-14(22)17-10-6-4-9(15)5-7-10/h4-7,11H,2-3,8H2,1H3,(H,18,19)(H,20,21)(H2,16,17,22)/t11-/m0/s1. The van der Waals surface area contributed by atoms with Gasteiger partial charge in [-0.05, 0) is 30.7 Å². The number of carboxylic acids is 1. The van der Waals surface area contributed by atoms with Gasteiger partial charge < -0.3 is 21.1 Å². The number of benzene rings is 1. The Morgan fingerprint density at radius 1 is 1.23 bits per heavy atom. The van der Waals surface area contributed by atoms with Crippen LogP contribution in [0.4, 0.5) is 10.5 Å². The van der Waals surface area contributed by atoms with Gasteiger partial charge in [-0.15, -0.1) is 0 Å². The maximum absolute atomic E-state index is 11.6. The van der Waals surface area contributed by atoms with Crippen molar-refractivity contribution in [3.63, 3.8) is 0 Å². The fourth-order valence-corrected chi connectivity index (χ4v) is 1.92. The molecule has 120 valence electrons. The number of rotatable bonds is 7. The zero-order valence-electron chi connectivity index (χ0n) is 12.1. The molecule has 1 aromatic carbocycles. The average molecular weight is 372 g/mol. The van der Waals surface area contributed by atoms with Gasteiger partial charge in [0.1, 0.15) is 6.04 Å². The van der Waals surface area contributed by atoms with Crippen LogP contribution in [-0.2, 0) is 9.59 Å². The molecule has 4 N–H and O–H groups in total. The molecule has 0 saturated carbocycles. The Balaban J connectivity index is 2.38. The molecule has 0 aliphatic heterocycles. The molecule has 3 amide bonds. The van der Waals surface area contributed by atoms with Gasteiger partial charge in [0.15, 0.2) is 0 Å². The Morgan fingerprint density at radius 3 is 2.41 bits per heavy atom. The average Bonchev–Trinajstić information content (AvgIpc) is 2.47. The molecule has 0 aliphatic carbocycles. The van der Waals surface area contributed by atoms with Gasteiger partial charge in [0, 0.05) is 10.2 Å². The summed E-state index contributed by atoms with van der Waals surface area (Å²) in [5.41, 5.74) is 0.579. The fraction of sp³-hybridized carbons (Fsp3) is 0.357. The zero-order chi connectivity index (χ0) is 16.5. The lowest BCUT2D eigenvalue weighted by Crippen LogP contribution is -2.46. The highest BCUT2D eigenvalue weighted by atomic mass is 79.9. The summed E-state index contributed by atoms with van der Waals surface area (Å²) in [6, 6.07) is 5.46. The minimum Gasteiger partial charge on any atom is -0.480 e. The van der Waals surface area contributed by atoms with Crippen LogP contribution in [0.15, 0.2) is 28.7 Å². The summed E-state index contributed by atoms with van der Waals surface area (Å²) >= 11 is 3.28. The number of nitrogens with one attached hydrogen (secondary N) is 3. The minimum atomic E-state index is -1.09. The predicted octanol–water partition coefficient (Wildman–Crippen LogP) is 1.94. The van der Waals surface area contributed by atoms with E-state index in [1.807, 2.05) is 6.92 Å². The van der Waals surface area contributed by atoms with E-state index in [9.17, 15) is 14.4 Å². The summed E-state index contributed by atoms with van der Waals surface area (Å²) in [6.07, 6.45) is 0.973. The van der Waals surface area contributed by atoms with Crippen LogP contribution < -0.4 is 16.0 Å². The van der Waals surface area contributed by atoms with Gasteiger partial charge in [-0.25, -0.2) is 9.59 Å². The highest BCUT2D eigenvalue weighted by molar-refractivity contribution is 9.10. The van der Waals surface area contributed by atoms with Crippen LogP contribution in [0, 0.1) is 0 Å². The van der Waals surface area contributed by atoms with E-state index in [0.717, 1.165) is 4.47 Å². The summed E-state index contributed by atoms with van der Waals surface area (Å²) in [4.78, 5) is 34.1. The van der Waals surface area contributed by atoms with Crippen LogP contribution in [0.2, 0.25) is 0 Å². The topological polar surface area (TPSA) is 108 Å². The van der Waals surface area contributed by atoms with Crippen LogP contribution in [0.25, 0.3) is 0 Å². The molecule has 0 heterocycles. The van der Waals surface area contributed by atoms with Crippen molar-refractivity contribution in [1.82, 2.24) is 10.6 Å². The first-order valence-corrected chi connectivity index (χ1v) is 7.54. The molecule has 22 heavy (non-hydrogen) atoms. The third kappa shape index (κ3) is 6.57. The summed E-state index contributed by atoms with van der Waals surface area (Å²) in [5.74, 6) is -1.64. The van der Waals surface area contributed by atoms with Gasteiger partial charge in [-0.2, -0.15) is 0 Å². The number of carbonyl (C=O) groups excluding carboxylic acids is 2. The van der Waals surface area contributed by atoms with E-state index in [1.165, 1.54) is 0 Å². The van der Waals surface area contributed by atoms with E-state index in [2.05, 4.69) is 31.9 Å². The SMILES string of the molecule is CCC[C@H](NC(=O)CNC(=O)Nc1ccc(Br)cc1)C(=O)O. The van der Waals surface area contributed by atoms with E-state index < -0.39 is 23.9 Å². The smallest absolute Gasteiger partial charge is 0.326 e. The molecule has 0 fully saturated rings. The summed E-state index contributed by atoms with van der Waals surface area (Å²) in [6.45, 7) is 1.53. The maximum atomic E-state index is 11.6. The Morgan fingerprint density at radius 2 is 1.86 bits per heavy atom. The molecule has 8 heteroatoms. The molecule has 0 bridgehead atoms. The van der Waals surface area contributed by atoms with Gasteiger partial charge in [-0.3, -0.25) is 4.79 Å². The lowest BCUT2D eigenvalue weighted by Gasteiger charge is -2.14. The summed E-state index contributed by atoms with van der Waals surface area (Å²) in [7, 11) is 0. The van der Waals surface area contributed by atoms with Crippen LogP contribution in [0.5, 0.6) is 0 Å². The van der Waals surface area contributed by atoms with Crippen molar-refractivity contribution in [2.75, 3.05) is 11.9 Å². The number of hydrogen-bond acceptors (Lipinski definition) is 3. The molecular weight excluding hydrogens is 354 g/mol. The second kappa shape index (κ2) is 9.04. The van der Waals surface area contributed by atoms with Crippen molar-refractivity contribution in [2.24, 2.45) is 0 Å². The summed E-state index contributed by atoms with van der Waals surface area (Å²) in [5, 5.41) is 16.2. The normalized spacial score (nSPS) is 11.4. The lowest BCUT2D eigenvalue weighted by atomic mass is 10.1. The van der Waals surface area contributed by atoms with Crippen molar-refractivity contribution in [3.05, 3.63) is 28.7 Å². The number of hydrogen-bond donors (Lipinski definition) is 4. The van der Waals surface area contributed by atoms with Crippen LogP contribution in [0.3, 0.4) is 0 Å². The molecule has 0 saturated heterocycles. The maximum Gasteiger partial charge on any atom is 0.326 e. The van der Waals surface area contributed by atoms with E-state index in [0.29, 0.717) is 18.5 Å². The van der Waals surface area contributed by atoms with Gasteiger partial charge in [0.05, 0.1) is 6.54 Å². The third-order valence-corrected chi connectivity index (χ3v) is 3.25. The minimum absolute atomic E-state index is 0.296. The molecule has 1 aromatic rings. The zero-order valence-corrected chi connectivity index (χ0v) is 13.6. The molecular formula is C14H18BrN3O4. The largest absolute Gasteiger partial charge is 0.480 e. The number of aliphatic carboxylic acids is 1. The second-order valence-corrected chi connectivity index (χ2v) is 5.48. The summed E-state index contributed by atoms with van der Waals surface area (Å²) < 4.78 is 0.883. The number of carbonyl (C=O) groups is 3. The van der Waals surface area contributed by atoms with Crippen LogP contribution in [0.1, 0.15) is 19.8 Å². The Labute approximate surface area is 136 Å². The first-order valence-electron chi connectivity index (χ1n) is 6.75. The molecule has 1 rings (SSSR count). The van der Waals surface area contributed by atoms with Gasteiger partial charge in [0.2, 0.25) is 5.91 Å². The highest BCUT2D eigenvalue weighted by Gasteiger charge is 2.18. The number of amides is 3. The number of urea groups is 1. The first kappa shape index (κ1) is 18.0. The van der Waals surface area contributed by atoms with Gasteiger partial charge in [0.25, 0.3) is 0 Å². The Hall–Kier alpha value is -2.09. The van der Waals surface area contributed by atoms with Crippen molar-refractivity contribution in [3.8, 4) is 0 Å². The van der Waals surface area contributed by atoms with Crippen molar-refractivity contribution < 1.29 is 19.5 Å². The number of anilines is 1. The molecule has 1 atom stereocenters. The van der Waals surface area contributed by atoms with E-state index in [-0.39, 0.29) is 6.54 Å². The van der Waals surface area contributed by atoms with Crippen molar-refractivity contribution in [1.29, 1.82) is 0 Å². The highest BCUT2D eigenvalue weighted by Crippen LogP contribution is 2.13. The van der Waals surface area contributed by atoms with E-state index in [4.69, 9.17) is 5.11 Å². The molecule has 0 radical (unpaired) electrons. The fourth-order valence-electron chi connectivity index (χ4n) is 1.66. The van der Waals surface area contributed by atoms with Crippen molar-refractivity contribution >= 4 is 39.5 Å². The van der Waals surface area contributed by atoms with Gasteiger partial charge >= 0.3 is 12.0 Å².